The summed E-state index contributed by atoms with van der Waals surface area (Å²) in [5.41, 5.74) is 3.59. The number of rotatable bonds is 4. The molecule has 2 rings (SSSR count). The lowest BCUT2D eigenvalue weighted by Gasteiger charge is -2.20. The zero-order chi connectivity index (χ0) is 14.9. The Balaban J connectivity index is 1.76. The van der Waals surface area contributed by atoms with Crippen molar-refractivity contribution in [2.75, 3.05) is 19.6 Å². The van der Waals surface area contributed by atoms with E-state index in [1.165, 1.54) is 37.0 Å². The molecule has 1 aromatic rings. The van der Waals surface area contributed by atoms with Gasteiger partial charge in [-0.2, -0.15) is 5.10 Å². The average Bonchev–Trinajstić information content (AvgIpc) is 2.42. The molecule has 0 saturated carbocycles. The second kappa shape index (κ2) is 8.95. The molecular formula is C16H23BrN3O+. The number of nitrogens with zero attached hydrogens (tertiary/aromatic N) is 1. The Labute approximate surface area is 134 Å². The average molecular weight is 353 g/mol. The smallest absolute Gasteiger partial charge is 0.295 e. The summed E-state index contributed by atoms with van der Waals surface area (Å²) in [6.45, 7) is 2.72. The van der Waals surface area contributed by atoms with Crippen LogP contribution in [0.25, 0.3) is 0 Å². The third-order valence-corrected chi connectivity index (χ3v) is 4.22. The van der Waals surface area contributed by atoms with E-state index in [1.54, 1.807) is 6.21 Å². The summed E-state index contributed by atoms with van der Waals surface area (Å²) < 4.78 is 1.00. The molecule has 0 radical (unpaired) electrons. The third kappa shape index (κ3) is 6.40. The first kappa shape index (κ1) is 16.2. The van der Waals surface area contributed by atoms with Crippen LogP contribution in [0.15, 0.2) is 33.8 Å². The SMILES string of the molecule is O=C(C[NH+]1CCCCCCC1)N/N=C\c1cccc(Br)c1. The van der Waals surface area contributed by atoms with E-state index in [2.05, 4.69) is 26.5 Å². The number of carbonyl (C=O) groups excluding carboxylic acids is 1. The Hall–Kier alpha value is -1.20. The van der Waals surface area contributed by atoms with Gasteiger partial charge in [-0.15, -0.1) is 0 Å². The van der Waals surface area contributed by atoms with Gasteiger partial charge in [0, 0.05) is 4.47 Å². The highest BCUT2D eigenvalue weighted by molar-refractivity contribution is 9.10. The minimum atomic E-state index is -0.00294. The van der Waals surface area contributed by atoms with E-state index in [1.807, 2.05) is 24.3 Å². The van der Waals surface area contributed by atoms with E-state index in [-0.39, 0.29) is 5.91 Å². The quantitative estimate of drug-likeness (QED) is 0.629. The number of hydrazone groups is 1. The summed E-state index contributed by atoms with van der Waals surface area (Å²) in [7, 11) is 0. The lowest BCUT2D eigenvalue weighted by molar-refractivity contribution is -0.893. The van der Waals surface area contributed by atoms with Crippen LogP contribution < -0.4 is 10.3 Å². The molecule has 0 aliphatic carbocycles. The van der Waals surface area contributed by atoms with E-state index in [9.17, 15) is 4.79 Å². The molecule has 2 N–H and O–H groups in total. The summed E-state index contributed by atoms with van der Waals surface area (Å²) in [4.78, 5) is 13.3. The summed E-state index contributed by atoms with van der Waals surface area (Å²) >= 11 is 3.41. The van der Waals surface area contributed by atoms with Crippen LogP contribution in [0.5, 0.6) is 0 Å². The third-order valence-electron chi connectivity index (χ3n) is 3.72. The van der Waals surface area contributed by atoms with Crippen molar-refractivity contribution in [2.24, 2.45) is 5.10 Å². The highest BCUT2D eigenvalue weighted by Gasteiger charge is 2.14. The maximum absolute atomic E-state index is 11.9. The van der Waals surface area contributed by atoms with E-state index >= 15 is 0 Å². The summed E-state index contributed by atoms with van der Waals surface area (Å²) in [6, 6.07) is 7.81. The predicted molar refractivity (Wildman–Crippen MR) is 88.5 cm³/mol. The Morgan fingerprint density at radius 1 is 1.24 bits per heavy atom. The molecule has 0 unspecified atom stereocenters. The normalized spacial score (nSPS) is 17.4. The van der Waals surface area contributed by atoms with E-state index in [4.69, 9.17) is 0 Å². The van der Waals surface area contributed by atoms with E-state index in [0.29, 0.717) is 6.54 Å². The standard InChI is InChI=1S/C16H22BrN3O/c17-15-8-6-7-14(11-15)12-18-19-16(21)13-20-9-4-2-1-3-5-10-20/h6-8,11-12H,1-5,9-10,13H2,(H,19,21)/p+1/b18-12-. The van der Waals surface area contributed by atoms with Gasteiger partial charge in [-0.1, -0.05) is 34.5 Å². The Morgan fingerprint density at radius 3 is 2.67 bits per heavy atom. The van der Waals surface area contributed by atoms with Crippen LogP contribution in [0, 0.1) is 0 Å². The molecule has 1 amide bonds. The van der Waals surface area contributed by atoms with Gasteiger partial charge in [-0.25, -0.2) is 5.43 Å². The Bertz CT molecular complexity index is 482. The fourth-order valence-electron chi connectivity index (χ4n) is 2.61. The van der Waals surface area contributed by atoms with Gasteiger partial charge >= 0.3 is 0 Å². The Morgan fingerprint density at radius 2 is 1.95 bits per heavy atom. The van der Waals surface area contributed by atoms with Crippen molar-refractivity contribution in [3.8, 4) is 0 Å². The largest absolute Gasteiger partial charge is 0.327 e. The van der Waals surface area contributed by atoms with Crippen LogP contribution in [0.4, 0.5) is 0 Å². The number of carbonyl (C=O) groups is 1. The molecule has 4 nitrogen and oxygen atoms in total. The highest BCUT2D eigenvalue weighted by atomic mass is 79.9. The maximum Gasteiger partial charge on any atom is 0.295 e. The summed E-state index contributed by atoms with van der Waals surface area (Å²) in [5.74, 6) is -0.00294. The second-order valence-electron chi connectivity index (χ2n) is 5.54. The number of nitrogens with one attached hydrogen (secondary N) is 2. The zero-order valence-corrected chi connectivity index (χ0v) is 13.9. The van der Waals surface area contributed by atoms with Crippen LogP contribution in [0.1, 0.15) is 37.7 Å². The molecule has 0 aromatic heterocycles. The van der Waals surface area contributed by atoms with Gasteiger partial charge in [-0.05, 0) is 43.4 Å². The number of quaternary nitrogens is 1. The van der Waals surface area contributed by atoms with Crippen LogP contribution >= 0.6 is 15.9 Å². The number of benzene rings is 1. The van der Waals surface area contributed by atoms with Gasteiger partial charge < -0.3 is 4.90 Å². The first-order valence-electron chi connectivity index (χ1n) is 7.65. The van der Waals surface area contributed by atoms with Gasteiger partial charge in [0.05, 0.1) is 19.3 Å². The minimum absolute atomic E-state index is 0.00294. The minimum Gasteiger partial charge on any atom is -0.327 e. The summed E-state index contributed by atoms with van der Waals surface area (Å²) in [6.07, 6.45) is 8.06. The molecule has 1 aliphatic rings. The van der Waals surface area contributed by atoms with Crippen molar-refractivity contribution in [3.05, 3.63) is 34.3 Å². The monoisotopic (exact) mass is 352 g/mol. The Kier molecular flexibility index (Phi) is 6.89. The molecule has 21 heavy (non-hydrogen) atoms. The number of amides is 1. The first-order chi connectivity index (χ1) is 10.2. The maximum atomic E-state index is 11.9. The van der Waals surface area contributed by atoms with Crippen molar-refractivity contribution in [1.82, 2.24) is 5.43 Å². The molecule has 0 spiro atoms. The predicted octanol–water partition coefficient (Wildman–Crippen LogP) is 1.75. The first-order valence-corrected chi connectivity index (χ1v) is 8.44. The number of hydrogen-bond acceptors (Lipinski definition) is 2. The van der Waals surface area contributed by atoms with Gasteiger partial charge in [0.15, 0.2) is 6.54 Å². The molecule has 1 aliphatic heterocycles. The van der Waals surface area contributed by atoms with Crippen molar-refractivity contribution in [1.29, 1.82) is 0 Å². The van der Waals surface area contributed by atoms with Gasteiger partial charge in [0.25, 0.3) is 5.91 Å². The lowest BCUT2D eigenvalue weighted by Crippen LogP contribution is -3.13. The van der Waals surface area contributed by atoms with Crippen molar-refractivity contribution < 1.29 is 9.69 Å². The molecule has 0 bridgehead atoms. The highest BCUT2D eigenvalue weighted by Crippen LogP contribution is 2.09. The number of hydrogen-bond donors (Lipinski definition) is 2. The van der Waals surface area contributed by atoms with Crippen LogP contribution in [0.2, 0.25) is 0 Å². The molecule has 1 saturated heterocycles. The van der Waals surface area contributed by atoms with Crippen LogP contribution in [0.3, 0.4) is 0 Å². The molecule has 5 heteroatoms. The fraction of sp³-hybridized carbons (Fsp3) is 0.500. The molecule has 114 valence electrons. The molecule has 1 fully saturated rings. The molecule has 0 atom stereocenters. The fourth-order valence-corrected chi connectivity index (χ4v) is 3.03. The van der Waals surface area contributed by atoms with Gasteiger partial charge in [-0.3, -0.25) is 4.79 Å². The lowest BCUT2D eigenvalue weighted by atomic mass is 10.1. The van der Waals surface area contributed by atoms with Crippen molar-refractivity contribution in [2.45, 2.75) is 32.1 Å². The second-order valence-corrected chi connectivity index (χ2v) is 6.46. The molecule has 1 aromatic carbocycles. The van der Waals surface area contributed by atoms with Crippen molar-refractivity contribution >= 4 is 28.1 Å². The number of likely N-dealkylation sites (tertiary alicyclic amines) is 1. The molecular weight excluding hydrogens is 330 g/mol. The van der Waals surface area contributed by atoms with E-state index in [0.717, 1.165) is 23.1 Å². The zero-order valence-electron chi connectivity index (χ0n) is 12.3. The van der Waals surface area contributed by atoms with Crippen LogP contribution in [-0.4, -0.2) is 31.8 Å². The van der Waals surface area contributed by atoms with E-state index < -0.39 is 0 Å². The molecule has 1 heterocycles. The van der Waals surface area contributed by atoms with Crippen molar-refractivity contribution in [3.63, 3.8) is 0 Å². The van der Waals surface area contributed by atoms with Gasteiger partial charge in [0.1, 0.15) is 0 Å². The number of halogens is 1. The topological polar surface area (TPSA) is 45.9 Å². The summed E-state index contributed by atoms with van der Waals surface area (Å²) in [5, 5.41) is 4.03. The van der Waals surface area contributed by atoms with Gasteiger partial charge in [0.2, 0.25) is 0 Å². The van der Waals surface area contributed by atoms with Crippen LogP contribution in [-0.2, 0) is 4.79 Å².